The fourth-order valence-corrected chi connectivity index (χ4v) is 1.94. The molecule has 0 aliphatic heterocycles. The molecule has 1 amide bonds. The van der Waals surface area contributed by atoms with Crippen LogP contribution in [-0.2, 0) is 11.3 Å². The highest BCUT2D eigenvalue weighted by molar-refractivity contribution is 6.31. The molecule has 3 nitrogen and oxygen atoms in total. The predicted molar refractivity (Wildman–Crippen MR) is 74.5 cm³/mol. The fourth-order valence-electron chi connectivity index (χ4n) is 1.77. The van der Waals surface area contributed by atoms with Gasteiger partial charge in [-0.15, -0.1) is 0 Å². The van der Waals surface area contributed by atoms with Gasteiger partial charge in [-0.3, -0.25) is 4.79 Å². The Morgan fingerprint density at radius 3 is 2.50 bits per heavy atom. The van der Waals surface area contributed by atoms with Crippen molar-refractivity contribution in [3.8, 4) is 11.1 Å². The van der Waals surface area contributed by atoms with E-state index in [4.69, 9.17) is 17.3 Å². The minimum atomic E-state index is 0.514. The maximum Gasteiger partial charge on any atom is 0.211 e. The van der Waals surface area contributed by atoms with Gasteiger partial charge < -0.3 is 11.1 Å². The summed E-state index contributed by atoms with van der Waals surface area (Å²) in [6.07, 6.45) is 0.642. The Morgan fingerprint density at radius 1 is 1.17 bits per heavy atom. The number of carbonyl (C=O) groups is 1. The first kappa shape index (κ1) is 12.6. The van der Waals surface area contributed by atoms with Crippen molar-refractivity contribution in [1.29, 1.82) is 0 Å². The van der Waals surface area contributed by atoms with E-state index in [-0.39, 0.29) is 0 Å². The van der Waals surface area contributed by atoms with Crippen molar-refractivity contribution < 1.29 is 4.79 Å². The minimum absolute atomic E-state index is 0.514. The van der Waals surface area contributed by atoms with Crippen LogP contribution in [0.2, 0.25) is 5.02 Å². The lowest BCUT2D eigenvalue weighted by Crippen LogP contribution is -1.97. The van der Waals surface area contributed by atoms with Crippen LogP contribution in [0.25, 0.3) is 11.1 Å². The number of rotatable bonds is 4. The largest absolute Gasteiger partial charge is 0.328 e. The molecule has 0 aliphatic rings. The van der Waals surface area contributed by atoms with Gasteiger partial charge in [0.15, 0.2) is 0 Å². The van der Waals surface area contributed by atoms with Crippen LogP contribution in [0.1, 0.15) is 5.56 Å². The van der Waals surface area contributed by atoms with Gasteiger partial charge in [0.2, 0.25) is 6.41 Å². The van der Waals surface area contributed by atoms with Crippen molar-refractivity contribution in [2.75, 3.05) is 5.32 Å². The summed E-state index contributed by atoms with van der Waals surface area (Å²) in [6, 6.07) is 13.3. The molecule has 0 aliphatic carbocycles. The molecule has 0 atom stereocenters. The molecule has 92 valence electrons. The minimum Gasteiger partial charge on any atom is -0.328 e. The Labute approximate surface area is 111 Å². The Kier molecular flexibility index (Phi) is 3.97. The van der Waals surface area contributed by atoms with E-state index in [1.165, 1.54) is 0 Å². The third-order valence-corrected chi connectivity index (χ3v) is 2.93. The maximum absolute atomic E-state index is 10.6. The van der Waals surface area contributed by atoms with Crippen LogP contribution in [0.4, 0.5) is 5.69 Å². The van der Waals surface area contributed by atoms with Crippen LogP contribution in [0.5, 0.6) is 0 Å². The molecule has 0 aromatic heterocycles. The second-order valence-corrected chi connectivity index (χ2v) is 4.29. The Morgan fingerprint density at radius 2 is 1.89 bits per heavy atom. The van der Waals surface area contributed by atoms with Crippen LogP contribution in [-0.4, -0.2) is 6.41 Å². The summed E-state index contributed by atoms with van der Waals surface area (Å²) in [4.78, 5) is 10.6. The van der Waals surface area contributed by atoms with Gasteiger partial charge in [0, 0.05) is 22.8 Å². The van der Waals surface area contributed by atoms with Gasteiger partial charge in [0.25, 0.3) is 0 Å². The van der Waals surface area contributed by atoms with Crippen LogP contribution >= 0.6 is 11.6 Å². The zero-order valence-electron chi connectivity index (χ0n) is 9.69. The number of amides is 1. The number of halogens is 1. The van der Waals surface area contributed by atoms with Crippen molar-refractivity contribution in [3.63, 3.8) is 0 Å². The van der Waals surface area contributed by atoms with E-state index in [9.17, 15) is 4.79 Å². The number of hydrogen-bond donors (Lipinski definition) is 2. The first-order valence-electron chi connectivity index (χ1n) is 5.53. The van der Waals surface area contributed by atoms with E-state index >= 15 is 0 Å². The van der Waals surface area contributed by atoms with Gasteiger partial charge >= 0.3 is 0 Å². The molecule has 2 aromatic rings. The summed E-state index contributed by atoms with van der Waals surface area (Å²) in [5.74, 6) is 0. The predicted octanol–water partition coefficient (Wildman–Crippen LogP) is 3.03. The van der Waals surface area contributed by atoms with Gasteiger partial charge in [-0.1, -0.05) is 41.9 Å². The number of hydrogen-bond acceptors (Lipinski definition) is 2. The standard InChI is InChI=1S/C14H13ClN2O/c15-12-5-6-13(14(7-12)17-9-18)11-3-1-10(8-16)2-4-11/h1-7,9H,8,16H2,(H,17,18). The zero-order chi connectivity index (χ0) is 13.0. The molecular formula is C14H13ClN2O. The number of benzene rings is 2. The van der Waals surface area contributed by atoms with Crippen LogP contribution in [0.3, 0.4) is 0 Å². The lowest BCUT2D eigenvalue weighted by Gasteiger charge is -2.09. The van der Waals surface area contributed by atoms with Crippen molar-refractivity contribution in [2.45, 2.75) is 6.54 Å². The van der Waals surface area contributed by atoms with E-state index in [2.05, 4.69) is 5.32 Å². The summed E-state index contributed by atoms with van der Waals surface area (Å²) < 4.78 is 0. The number of carbonyl (C=O) groups excluding carboxylic acids is 1. The topological polar surface area (TPSA) is 55.1 Å². The first-order chi connectivity index (χ1) is 8.74. The molecule has 0 heterocycles. The van der Waals surface area contributed by atoms with Gasteiger partial charge in [-0.2, -0.15) is 0 Å². The van der Waals surface area contributed by atoms with Crippen LogP contribution in [0, 0.1) is 0 Å². The van der Waals surface area contributed by atoms with E-state index in [1.807, 2.05) is 30.3 Å². The van der Waals surface area contributed by atoms with E-state index in [0.29, 0.717) is 23.7 Å². The first-order valence-corrected chi connectivity index (χ1v) is 5.91. The highest BCUT2D eigenvalue weighted by atomic mass is 35.5. The zero-order valence-corrected chi connectivity index (χ0v) is 10.4. The quantitative estimate of drug-likeness (QED) is 0.831. The monoisotopic (exact) mass is 260 g/mol. The maximum atomic E-state index is 10.6. The summed E-state index contributed by atoms with van der Waals surface area (Å²) in [7, 11) is 0. The SMILES string of the molecule is NCc1ccc(-c2ccc(Cl)cc2NC=O)cc1. The molecule has 3 N–H and O–H groups in total. The van der Waals surface area contributed by atoms with Gasteiger partial charge in [-0.25, -0.2) is 0 Å². The molecule has 0 spiro atoms. The van der Waals surface area contributed by atoms with E-state index in [0.717, 1.165) is 16.7 Å². The summed E-state index contributed by atoms with van der Waals surface area (Å²) in [6.45, 7) is 0.514. The van der Waals surface area contributed by atoms with Crippen LogP contribution < -0.4 is 11.1 Å². The average Bonchev–Trinajstić information content (AvgIpc) is 2.40. The molecule has 18 heavy (non-hydrogen) atoms. The van der Waals surface area contributed by atoms with Crippen molar-refractivity contribution >= 4 is 23.7 Å². The molecule has 0 saturated heterocycles. The van der Waals surface area contributed by atoms with Crippen molar-refractivity contribution in [2.24, 2.45) is 5.73 Å². The van der Waals surface area contributed by atoms with Crippen LogP contribution in [0.15, 0.2) is 42.5 Å². The van der Waals surface area contributed by atoms with Gasteiger partial charge in [0.05, 0.1) is 0 Å². The highest BCUT2D eigenvalue weighted by Gasteiger charge is 2.05. The number of anilines is 1. The molecular weight excluding hydrogens is 248 g/mol. The lowest BCUT2D eigenvalue weighted by atomic mass is 10.0. The van der Waals surface area contributed by atoms with Crippen molar-refractivity contribution in [1.82, 2.24) is 0 Å². The lowest BCUT2D eigenvalue weighted by molar-refractivity contribution is -0.105. The summed E-state index contributed by atoms with van der Waals surface area (Å²) >= 11 is 5.92. The molecule has 2 rings (SSSR count). The van der Waals surface area contributed by atoms with Crippen molar-refractivity contribution in [3.05, 3.63) is 53.1 Å². The molecule has 2 aromatic carbocycles. The molecule has 0 radical (unpaired) electrons. The third-order valence-electron chi connectivity index (χ3n) is 2.70. The molecule has 0 fully saturated rings. The third kappa shape index (κ3) is 2.70. The van der Waals surface area contributed by atoms with Gasteiger partial charge in [0.1, 0.15) is 0 Å². The second kappa shape index (κ2) is 5.67. The summed E-state index contributed by atoms with van der Waals surface area (Å²) in [5.41, 5.74) is 9.25. The smallest absolute Gasteiger partial charge is 0.211 e. The number of nitrogens with one attached hydrogen (secondary N) is 1. The number of nitrogens with two attached hydrogens (primary N) is 1. The van der Waals surface area contributed by atoms with E-state index < -0.39 is 0 Å². The second-order valence-electron chi connectivity index (χ2n) is 3.85. The molecule has 4 heteroatoms. The molecule has 0 saturated carbocycles. The fraction of sp³-hybridized carbons (Fsp3) is 0.0714. The van der Waals surface area contributed by atoms with Gasteiger partial charge in [-0.05, 0) is 23.3 Å². The molecule has 0 bridgehead atoms. The van der Waals surface area contributed by atoms with E-state index in [1.54, 1.807) is 12.1 Å². The Balaban J connectivity index is 2.44. The Hall–Kier alpha value is -1.84. The Bertz CT molecular complexity index is 552. The highest BCUT2D eigenvalue weighted by Crippen LogP contribution is 2.30. The average molecular weight is 261 g/mol. The summed E-state index contributed by atoms with van der Waals surface area (Å²) in [5, 5.41) is 3.24. The molecule has 0 unspecified atom stereocenters. The normalized spacial score (nSPS) is 10.1.